The van der Waals surface area contributed by atoms with Gasteiger partial charge in [-0.3, -0.25) is 0 Å². The Morgan fingerprint density at radius 1 is 1.22 bits per heavy atom. The average Bonchev–Trinajstić information content (AvgIpc) is 2.54. The minimum absolute atomic E-state index is 0.0342. The fourth-order valence-corrected chi connectivity index (χ4v) is 2.88. The van der Waals surface area contributed by atoms with Gasteiger partial charge in [0.05, 0.1) is 38.8 Å². The maximum atomic E-state index is 12.1. The van der Waals surface area contributed by atoms with E-state index < -0.39 is 16.1 Å². The Morgan fingerprint density at radius 2 is 1.96 bits per heavy atom. The highest BCUT2D eigenvalue weighted by molar-refractivity contribution is 7.89. The molecule has 0 amide bonds. The summed E-state index contributed by atoms with van der Waals surface area (Å²) >= 11 is 0. The van der Waals surface area contributed by atoms with Crippen molar-refractivity contribution in [3.8, 4) is 5.75 Å². The third kappa shape index (κ3) is 6.84. The van der Waals surface area contributed by atoms with E-state index in [0.717, 1.165) is 4.31 Å². The lowest BCUT2D eigenvalue weighted by molar-refractivity contribution is 0.0780. The minimum Gasteiger partial charge on any atom is -0.497 e. The van der Waals surface area contributed by atoms with E-state index in [1.165, 1.54) is 14.2 Å². The quantitative estimate of drug-likeness (QED) is 0.592. The highest BCUT2D eigenvalue weighted by atomic mass is 32.2. The average molecular weight is 347 g/mol. The highest BCUT2D eigenvalue weighted by Gasteiger charge is 2.21. The Bertz CT molecular complexity index is 563. The molecule has 0 radical (unpaired) electrons. The van der Waals surface area contributed by atoms with Gasteiger partial charge in [0.2, 0.25) is 10.0 Å². The lowest BCUT2D eigenvalue weighted by Crippen LogP contribution is -2.34. The molecule has 1 aromatic rings. The maximum Gasteiger partial charge on any atom is 0.216 e. The maximum absolute atomic E-state index is 12.1. The molecule has 0 aliphatic carbocycles. The van der Waals surface area contributed by atoms with Crippen LogP contribution in [0.4, 0.5) is 0 Å². The molecule has 0 spiro atoms. The second-order valence-corrected chi connectivity index (χ2v) is 7.19. The van der Waals surface area contributed by atoms with Crippen molar-refractivity contribution >= 4 is 10.0 Å². The summed E-state index contributed by atoms with van der Waals surface area (Å²) in [5.74, 6) is 0.469. The molecule has 23 heavy (non-hydrogen) atoms. The predicted molar refractivity (Wildman–Crippen MR) is 87.1 cm³/mol. The van der Waals surface area contributed by atoms with Gasteiger partial charge in [0, 0.05) is 20.7 Å². The molecular formula is C15H25NO6S. The van der Waals surface area contributed by atoms with E-state index >= 15 is 0 Å². The molecule has 1 aromatic carbocycles. The fraction of sp³-hybridized carbons (Fsp3) is 0.600. The summed E-state index contributed by atoms with van der Waals surface area (Å²) in [5.41, 5.74) is 0.600. The first kappa shape index (κ1) is 19.9. The fourth-order valence-electron chi connectivity index (χ4n) is 1.88. The van der Waals surface area contributed by atoms with Crippen molar-refractivity contribution in [2.45, 2.75) is 6.10 Å². The molecule has 0 aromatic heterocycles. The van der Waals surface area contributed by atoms with Gasteiger partial charge in [0.15, 0.2) is 0 Å². The number of rotatable bonds is 11. The molecule has 0 saturated heterocycles. The Labute approximate surface area is 137 Å². The Kier molecular flexibility index (Phi) is 8.49. The van der Waals surface area contributed by atoms with Crippen molar-refractivity contribution in [1.29, 1.82) is 0 Å². The molecule has 8 heteroatoms. The van der Waals surface area contributed by atoms with Crippen molar-refractivity contribution in [3.63, 3.8) is 0 Å². The van der Waals surface area contributed by atoms with Crippen LogP contribution in [-0.4, -0.2) is 71.2 Å². The lowest BCUT2D eigenvalue weighted by atomic mass is 10.1. The monoisotopic (exact) mass is 347 g/mol. The van der Waals surface area contributed by atoms with Gasteiger partial charge < -0.3 is 19.3 Å². The minimum atomic E-state index is -3.49. The van der Waals surface area contributed by atoms with Crippen LogP contribution in [0, 0.1) is 0 Å². The Hall–Kier alpha value is -1.19. The number of aliphatic hydroxyl groups excluding tert-OH is 1. The first-order chi connectivity index (χ1) is 10.9. The van der Waals surface area contributed by atoms with E-state index in [9.17, 15) is 13.5 Å². The van der Waals surface area contributed by atoms with Gasteiger partial charge >= 0.3 is 0 Å². The van der Waals surface area contributed by atoms with Crippen LogP contribution >= 0.6 is 0 Å². The zero-order valence-electron chi connectivity index (χ0n) is 13.8. The van der Waals surface area contributed by atoms with Crippen LogP contribution in [0.2, 0.25) is 0 Å². The molecule has 7 nitrogen and oxygen atoms in total. The van der Waals surface area contributed by atoms with Crippen LogP contribution in [0.3, 0.4) is 0 Å². The normalized spacial score (nSPS) is 13.3. The summed E-state index contributed by atoms with van der Waals surface area (Å²) < 4.78 is 40.5. The van der Waals surface area contributed by atoms with Crippen molar-refractivity contribution in [1.82, 2.24) is 4.31 Å². The van der Waals surface area contributed by atoms with Gasteiger partial charge in [-0.25, -0.2) is 12.7 Å². The van der Waals surface area contributed by atoms with E-state index in [4.69, 9.17) is 14.2 Å². The molecule has 0 saturated carbocycles. The van der Waals surface area contributed by atoms with Gasteiger partial charge in [-0.05, 0) is 17.7 Å². The van der Waals surface area contributed by atoms with Gasteiger partial charge in [-0.1, -0.05) is 12.1 Å². The van der Waals surface area contributed by atoms with Crippen LogP contribution in [0.25, 0.3) is 0 Å². The van der Waals surface area contributed by atoms with Crippen molar-refractivity contribution in [2.24, 2.45) is 0 Å². The number of benzene rings is 1. The molecule has 1 unspecified atom stereocenters. The summed E-state index contributed by atoms with van der Waals surface area (Å²) in [6.45, 7) is 0.825. The van der Waals surface area contributed by atoms with E-state index in [1.807, 2.05) is 0 Å². The van der Waals surface area contributed by atoms with Gasteiger partial charge in [-0.15, -0.1) is 0 Å². The van der Waals surface area contributed by atoms with Crippen LogP contribution in [-0.2, 0) is 19.5 Å². The molecule has 0 fully saturated rings. The molecule has 1 atom stereocenters. The number of sulfonamides is 1. The van der Waals surface area contributed by atoms with E-state index in [-0.39, 0.29) is 18.9 Å². The third-order valence-electron chi connectivity index (χ3n) is 3.30. The van der Waals surface area contributed by atoms with Crippen LogP contribution in [0.15, 0.2) is 24.3 Å². The number of hydrogen-bond donors (Lipinski definition) is 1. The SMILES string of the molecule is COCCOCCS(=O)(=O)N(C)CC(O)c1cccc(OC)c1. The van der Waals surface area contributed by atoms with Crippen molar-refractivity contribution < 1.29 is 27.7 Å². The second kappa shape index (κ2) is 9.84. The van der Waals surface area contributed by atoms with Crippen LogP contribution in [0.1, 0.15) is 11.7 Å². The molecule has 0 bridgehead atoms. The smallest absolute Gasteiger partial charge is 0.216 e. The number of methoxy groups -OCH3 is 2. The summed E-state index contributed by atoms with van der Waals surface area (Å²) in [6, 6.07) is 6.91. The van der Waals surface area contributed by atoms with Crippen LogP contribution < -0.4 is 4.74 Å². The zero-order chi connectivity index (χ0) is 17.3. The first-order valence-corrected chi connectivity index (χ1v) is 8.84. The number of likely N-dealkylation sites (N-methyl/N-ethyl adjacent to an activating group) is 1. The lowest BCUT2D eigenvalue weighted by Gasteiger charge is -2.21. The molecule has 1 N–H and O–H groups in total. The molecule has 0 aliphatic rings. The van der Waals surface area contributed by atoms with E-state index in [1.54, 1.807) is 31.4 Å². The standard InChI is InChI=1S/C15H25NO6S/c1-16(23(18,19)10-9-22-8-7-20-2)12-15(17)13-5-4-6-14(11-13)21-3/h4-6,11,15,17H,7-10,12H2,1-3H3. The van der Waals surface area contributed by atoms with E-state index in [2.05, 4.69) is 0 Å². The van der Waals surface area contributed by atoms with Gasteiger partial charge in [-0.2, -0.15) is 0 Å². The molecule has 0 heterocycles. The first-order valence-electron chi connectivity index (χ1n) is 7.23. The summed E-state index contributed by atoms with van der Waals surface area (Å²) in [4.78, 5) is 0. The largest absolute Gasteiger partial charge is 0.497 e. The molecular weight excluding hydrogens is 322 g/mol. The van der Waals surface area contributed by atoms with Crippen LogP contribution in [0.5, 0.6) is 5.75 Å². The summed E-state index contributed by atoms with van der Waals surface area (Å²) in [7, 11) is 1.03. The van der Waals surface area contributed by atoms with Gasteiger partial charge in [0.25, 0.3) is 0 Å². The summed E-state index contributed by atoms with van der Waals surface area (Å²) in [6.07, 6.45) is -0.931. The number of ether oxygens (including phenoxy) is 3. The molecule has 132 valence electrons. The Morgan fingerprint density at radius 3 is 2.61 bits per heavy atom. The van der Waals surface area contributed by atoms with Crippen molar-refractivity contribution in [2.75, 3.05) is 53.4 Å². The van der Waals surface area contributed by atoms with Gasteiger partial charge in [0.1, 0.15) is 5.75 Å². The highest BCUT2D eigenvalue weighted by Crippen LogP contribution is 2.20. The Balaban J connectivity index is 2.53. The number of nitrogens with zero attached hydrogens (tertiary/aromatic N) is 1. The van der Waals surface area contributed by atoms with E-state index in [0.29, 0.717) is 24.5 Å². The number of hydrogen-bond acceptors (Lipinski definition) is 6. The third-order valence-corrected chi connectivity index (χ3v) is 5.08. The second-order valence-electron chi connectivity index (χ2n) is 4.99. The number of aliphatic hydroxyl groups is 1. The van der Waals surface area contributed by atoms with Crippen molar-refractivity contribution in [3.05, 3.63) is 29.8 Å². The molecule has 1 rings (SSSR count). The zero-order valence-corrected chi connectivity index (χ0v) is 14.6. The summed E-state index contributed by atoms with van der Waals surface area (Å²) in [5, 5.41) is 10.2. The topological polar surface area (TPSA) is 85.3 Å². The predicted octanol–water partition coefficient (Wildman–Crippen LogP) is 0.653. The molecule has 0 aliphatic heterocycles.